The molecule has 0 aliphatic carbocycles. The Hall–Kier alpha value is -2.01. The zero-order valence-corrected chi connectivity index (χ0v) is 21.0. The van der Waals surface area contributed by atoms with Crippen LogP contribution < -0.4 is 10.2 Å². The Morgan fingerprint density at radius 3 is 2.39 bits per heavy atom. The molecular formula is C23H37N5O4S. The molecule has 0 saturated carbocycles. The first-order valence-corrected chi connectivity index (χ1v) is 13.2. The van der Waals surface area contributed by atoms with Gasteiger partial charge in [0.1, 0.15) is 6.04 Å². The lowest BCUT2D eigenvalue weighted by atomic mass is 10.1. The number of sulfonamides is 1. The molecule has 1 saturated heterocycles. The molecule has 0 radical (unpaired) electrons. The summed E-state index contributed by atoms with van der Waals surface area (Å²) in [5, 5.41) is 2.98. The Bertz CT molecular complexity index is 956. The van der Waals surface area contributed by atoms with Crippen LogP contribution in [0.3, 0.4) is 0 Å². The van der Waals surface area contributed by atoms with Gasteiger partial charge in [0, 0.05) is 64.8 Å². The summed E-state index contributed by atoms with van der Waals surface area (Å²) in [5.74, 6) is -0.432. The van der Waals surface area contributed by atoms with Crippen molar-refractivity contribution in [2.45, 2.75) is 44.6 Å². The van der Waals surface area contributed by atoms with Crippen molar-refractivity contribution >= 4 is 27.5 Å². The number of hydrogen-bond donors (Lipinski definition) is 1. The third-order valence-corrected chi connectivity index (χ3v) is 8.61. The molecule has 0 bridgehead atoms. The maximum absolute atomic E-state index is 13.0. The fourth-order valence-corrected chi connectivity index (χ4v) is 6.11. The molecule has 1 atom stereocenters. The van der Waals surface area contributed by atoms with E-state index in [9.17, 15) is 18.0 Å². The standard InChI is InChI=1S/C23H37N5O4S/c1-5-27(6-2)33(31,32)20-8-9-21-19(16-20)17-22(28(21)18(3)29)23(30)24-10-7-11-26-14-12-25(4)13-15-26/h8-9,16,22H,5-7,10-15,17H2,1-4H3,(H,24,30). The van der Waals surface area contributed by atoms with E-state index in [-0.39, 0.29) is 16.7 Å². The van der Waals surface area contributed by atoms with E-state index in [4.69, 9.17) is 0 Å². The Morgan fingerprint density at radius 1 is 1.12 bits per heavy atom. The maximum Gasteiger partial charge on any atom is 0.243 e. The van der Waals surface area contributed by atoms with E-state index in [2.05, 4.69) is 22.2 Å². The van der Waals surface area contributed by atoms with Crippen LogP contribution in [0.25, 0.3) is 0 Å². The van der Waals surface area contributed by atoms with E-state index in [1.54, 1.807) is 26.0 Å². The molecule has 1 aromatic carbocycles. The Morgan fingerprint density at radius 2 is 1.79 bits per heavy atom. The Labute approximate surface area is 197 Å². The molecule has 184 valence electrons. The molecule has 3 rings (SSSR count). The van der Waals surface area contributed by atoms with Crippen LogP contribution in [0, 0.1) is 0 Å². The average molecular weight is 480 g/mol. The van der Waals surface area contributed by atoms with Gasteiger partial charge in [-0.3, -0.25) is 14.5 Å². The second-order valence-electron chi connectivity index (χ2n) is 8.78. The molecule has 1 unspecified atom stereocenters. The minimum atomic E-state index is -3.61. The molecule has 1 aromatic rings. The van der Waals surface area contributed by atoms with Gasteiger partial charge in [0.25, 0.3) is 0 Å². The van der Waals surface area contributed by atoms with E-state index in [0.717, 1.165) is 39.1 Å². The number of rotatable bonds is 9. The highest BCUT2D eigenvalue weighted by Crippen LogP contribution is 2.34. The fourth-order valence-electron chi connectivity index (χ4n) is 4.60. The molecule has 2 heterocycles. The van der Waals surface area contributed by atoms with Crippen LogP contribution in [-0.4, -0.2) is 99.8 Å². The fraction of sp³-hybridized carbons (Fsp3) is 0.652. The Kier molecular flexibility index (Phi) is 8.49. The van der Waals surface area contributed by atoms with Crippen LogP contribution in [0.5, 0.6) is 0 Å². The van der Waals surface area contributed by atoms with E-state index in [1.165, 1.54) is 22.2 Å². The monoisotopic (exact) mass is 479 g/mol. The lowest BCUT2D eigenvalue weighted by molar-refractivity contribution is -0.125. The predicted molar refractivity (Wildman–Crippen MR) is 129 cm³/mol. The normalized spacial score (nSPS) is 19.7. The zero-order chi connectivity index (χ0) is 24.2. The van der Waals surface area contributed by atoms with E-state index in [0.29, 0.717) is 37.3 Å². The van der Waals surface area contributed by atoms with Gasteiger partial charge >= 0.3 is 0 Å². The van der Waals surface area contributed by atoms with E-state index < -0.39 is 16.1 Å². The molecule has 10 heteroatoms. The largest absolute Gasteiger partial charge is 0.354 e. The number of amides is 2. The summed E-state index contributed by atoms with van der Waals surface area (Å²) in [5.41, 5.74) is 1.31. The molecule has 2 aliphatic heterocycles. The first kappa shape index (κ1) is 25.6. The van der Waals surface area contributed by atoms with Crippen molar-refractivity contribution in [2.24, 2.45) is 0 Å². The van der Waals surface area contributed by atoms with Crippen molar-refractivity contribution in [1.82, 2.24) is 19.4 Å². The third kappa shape index (κ3) is 5.74. The first-order chi connectivity index (χ1) is 15.7. The van der Waals surface area contributed by atoms with Crippen molar-refractivity contribution in [2.75, 3.05) is 64.3 Å². The van der Waals surface area contributed by atoms with Crippen molar-refractivity contribution in [3.63, 3.8) is 0 Å². The minimum Gasteiger partial charge on any atom is -0.354 e. The van der Waals surface area contributed by atoms with Gasteiger partial charge in [-0.25, -0.2) is 8.42 Å². The van der Waals surface area contributed by atoms with E-state index in [1.807, 2.05) is 0 Å². The summed E-state index contributed by atoms with van der Waals surface area (Å²) in [7, 11) is -1.48. The molecule has 33 heavy (non-hydrogen) atoms. The van der Waals surface area contributed by atoms with Crippen molar-refractivity contribution in [3.8, 4) is 0 Å². The van der Waals surface area contributed by atoms with Crippen LogP contribution in [0.1, 0.15) is 32.8 Å². The molecule has 2 aliphatic rings. The number of nitrogens with zero attached hydrogens (tertiary/aromatic N) is 4. The number of benzene rings is 1. The summed E-state index contributed by atoms with van der Waals surface area (Å²) >= 11 is 0. The van der Waals surface area contributed by atoms with Gasteiger partial charge in [0.15, 0.2) is 0 Å². The van der Waals surface area contributed by atoms with Crippen LogP contribution in [0.4, 0.5) is 5.69 Å². The SMILES string of the molecule is CCN(CC)S(=O)(=O)c1ccc2c(c1)CC(C(=O)NCCCN1CCN(C)CC1)N2C(C)=O. The molecule has 0 aromatic heterocycles. The summed E-state index contributed by atoms with van der Waals surface area (Å²) in [6.45, 7) is 11.5. The first-order valence-electron chi connectivity index (χ1n) is 11.8. The number of nitrogens with one attached hydrogen (secondary N) is 1. The van der Waals surface area contributed by atoms with E-state index >= 15 is 0 Å². The highest BCUT2D eigenvalue weighted by Gasteiger charge is 2.37. The maximum atomic E-state index is 13.0. The van der Waals surface area contributed by atoms with Gasteiger partial charge in [0.2, 0.25) is 21.8 Å². The summed E-state index contributed by atoms with van der Waals surface area (Å²) < 4.78 is 27.2. The summed E-state index contributed by atoms with van der Waals surface area (Å²) in [4.78, 5) is 31.7. The van der Waals surface area contributed by atoms with Gasteiger partial charge in [0.05, 0.1) is 4.90 Å². The molecule has 0 spiro atoms. The van der Waals surface area contributed by atoms with Crippen LogP contribution in [0.15, 0.2) is 23.1 Å². The lowest BCUT2D eigenvalue weighted by Gasteiger charge is -2.32. The topological polar surface area (TPSA) is 93.3 Å². The molecule has 1 fully saturated rings. The second kappa shape index (κ2) is 10.9. The summed E-state index contributed by atoms with van der Waals surface area (Å²) in [6, 6.07) is 4.12. The summed E-state index contributed by atoms with van der Waals surface area (Å²) in [6.07, 6.45) is 1.16. The number of anilines is 1. The molecular weight excluding hydrogens is 442 g/mol. The molecule has 2 amide bonds. The lowest BCUT2D eigenvalue weighted by Crippen LogP contribution is -2.48. The number of fused-ring (bicyclic) bond motifs is 1. The minimum absolute atomic E-state index is 0.196. The van der Waals surface area contributed by atoms with Crippen molar-refractivity contribution in [3.05, 3.63) is 23.8 Å². The van der Waals surface area contributed by atoms with Gasteiger partial charge in [-0.05, 0) is 43.8 Å². The second-order valence-corrected chi connectivity index (χ2v) is 10.7. The van der Waals surface area contributed by atoms with Crippen LogP contribution >= 0.6 is 0 Å². The van der Waals surface area contributed by atoms with Gasteiger partial charge in [-0.1, -0.05) is 13.8 Å². The van der Waals surface area contributed by atoms with Gasteiger partial charge in [-0.2, -0.15) is 4.31 Å². The Balaban J connectivity index is 1.65. The number of carbonyl (C=O) groups is 2. The highest BCUT2D eigenvalue weighted by molar-refractivity contribution is 7.89. The third-order valence-electron chi connectivity index (χ3n) is 6.57. The van der Waals surface area contributed by atoms with Gasteiger partial charge < -0.3 is 15.1 Å². The van der Waals surface area contributed by atoms with Crippen LogP contribution in [0.2, 0.25) is 0 Å². The number of carbonyl (C=O) groups excluding carboxylic acids is 2. The number of hydrogen-bond acceptors (Lipinski definition) is 6. The van der Waals surface area contributed by atoms with Crippen molar-refractivity contribution < 1.29 is 18.0 Å². The predicted octanol–water partition coefficient (Wildman–Crippen LogP) is 0.748. The van der Waals surface area contributed by atoms with Gasteiger partial charge in [-0.15, -0.1) is 0 Å². The molecule has 9 nitrogen and oxygen atoms in total. The van der Waals surface area contributed by atoms with Crippen molar-refractivity contribution in [1.29, 1.82) is 0 Å². The molecule has 1 N–H and O–H groups in total. The number of likely N-dealkylation sites (N-methyl/N-ethyl adjacent to an activating group) is 1. The highest BCUT2D eigenvalue weighted by atomic mass is 32.2. The average Bonchev–Trinajstić information content (AvgIpc) is 3.17. The zero-order valence-electron chi connectivity index (χ0n) is 20.2. The quantitative estimate of drug-likeness (QED) is 0.526. The number of piperazine rings is 1. The van der Waals surface area contributed by atoms with Crippen LogP contribution in [-0.2, 0) is 26.0 Å². The smallest absolute Gasteiger partial charge is 0.243 e.